The molecule has 1 amide bonds. The number of hydrogen-bond donors (Lipinski definition) is 3. The van der Waals surface area contributed by atoms with Crippen molar-refractivity contribution in [2.45, 2.75) is 26.4 Å². The second kappa shape index (κ2) is 6.79. The minimum atomic E-state index is -0.644. The van der Waals surface area contributed by atoms with Crippen molar-refractivity contribution in [3.05, 3.63) is 23.5 Å². The number of nitriles is 1. The van der Waals surface area contributed by atoms with E-state index in [1.165, 1.54) is 6.07 Å². The van der Waals surface area contributed by atoms with Crippen molar-refractivity contribution >= 4 is 17.5 Å². The van der Waals surface area contributed by atoms with Crippen molar-refractivity contribution in [2.75, 3.05) is 24.1 Å². The van der Waals surface area contributed by atoms with Crippen LogP contribution < -0.4 is 16.4 Å². The minimum absolute atomic E-state index is 0.146. The van der Waals surface area contributed by atoms with Crippen LogP contribution in [-0.4, -0.2) is 24.8 Å². The fourth-order valence-electron chi connectivity index (χ4n) is 1.56. The van der Waals surface area contributed by atoms with Crippen molar-refractivity contribution in [1.29, 1.82) is 5.26 Å². The lowest BCUT2D eigenvalue weighted by Crippen LogP contribution is -2.35. The molecule has 0 unspecified atom stereocenters. The summed E-state index contributed by atoms with van der Waals surface area (Å²) in [6.45, 7) is 5.81. The Labute approximate surface area is 123 Å². The van der Waals surface area contributed by atoms with Crippen LogP contribution in [0.3, 0.4) is 0 Å². The zero-order chi connectivity index (χ0) is 16.0. The summed E-state index contributed by atoms with van der Waals surface area (Å²) in [5.41, 5.74) is 5.48. The molecule has 0 fully saturated rings. The van der Waals surface area contributed by atoms with Gasteiger partial charge in [0.05, 0.1) is 11.4 Å². The average Bonchev–Trinajstić information content (AvgIpc) is 2.36. The summed E-state index contributed by atoms with van der Waals surface area (Å²) in [6.07, 6.45) is -0.544. The van der Waals surface area contributed by atoms with Gasteiger partial charge in [-0.1, -0.05) is 0 Å². The van der Waals surface area contributed by atoms with E-state index in [0.717, 1.165) is 6.07 Å². The van der Waals surface area contributed by atoms with Crippen molar-refractivity contribution in [3.63, 3.8) is 0 Å². The van der Waals surface area contributed by atoms with Gasteiger partial charge in [0.1, 0.15) is 23.1 Å². The highest BCUT2D eigenvalue weighted by Crippen LogP contribution is 2.25. The van der Waals surface area contributed by atoms with E-state index in [1.54, 1.807) is 26.8 Å². The quantitative estimate of drug-likeness (QED) is 0.584. The normalized spacial score (nSPS) is 10.6. The minimum Gasteiger partial charge on any atom is -0.444 e. The summed E-state index contributed by atoms with van der Waals surface area (Å²) in [4.78, 5) is 11.4. The Balaban J connectivity index is 2.53. The van der Waals surface area contributed by atoms with Gasteiger partial charge in [-0.3, -0.25) is 0 Å². The molecule has 1 aromatic carbocycles. The number of ether oxygens (including phenoxy) is 1. The van der Waals surface area contributed by atoms with E-state index in [1.807, 2.05) is 0 Å². The molecular weight excluding hydrogens is 275 g/mol. The number of alkyl carbamates (subject to hydrolysis) is 1. The summed E-state index contributed by atoms with van der Waals surface area (Å²) in [6, 6.07) is 4.27. The van der Waals surface area contributed by atoms with Gasteiger partial charge >= 0.3 is 6.09 Å². The molecule has 1 aromatic rings. The Morgan fingerprint density at radius 1 is 1.43 bits per heavy atom. The molecule has 0 aliphatic heterocycles. The number of halogens is 1. The van der Waals surface area contributed by atoms with Gasteiger partial charge in [0.2, 0.25) is 0 Å². The van der Waals surface area contributed by atoms with Crippen LogP contribution in [0.25, 0.3) is 0 Å². The maximum absolute atomic E-state index is 13.4. The summed E-state index contributed by atoms with van der Waals surface area (Å²) < 4.78 is 18.5. The number of nitrogens with one attached hydrogen (secondary N) is 2. The third-order valence-corrected chi connectivity index (χ3v) is 2.39. The van der Waals surface area contributed by atoms with Crippen LogP contribution in [0.1, 0.15) is 26.3 Å². The molecule has 4 N–H and O–H groups in total. The highest BCUT2D eigenvalue weighted by Gasteiger charge is 2.15. The van der Waals surface area contributed by atoms with E-state index in [4.69, 9.17) is 15.7 Å². The maximum Gasteiger partial charge on any atom is 0.407 e. The lowest BCUT2D eigenvalue weighted by molar-refractivity contribution is 0.0530. The van der Waals surface area contributed by atoms with Crippen LogP contribution >= 0.6 is 0 Å². The molecule has 0 aromatic heterocycles. The molecule has 0 atom stereocenters. The van der Waals surface area contributed by atoms with E-state index >= 15 is 0 Å². The summed E-state index contributed by atoms with van der Waals surface area (Å²) >= 11 is 0. The molecule has 114 valence electrons. The molecule has 1 rings (SSSR count). The monoisotopic (exact) mass is 294 g/mol. The average molecular weight is 294 g/mol. The van der Waals surface area contributed by atoms with Crippen LogP contribution in [0.4, 0.5) is 20.6 Å². The van der Waals surface area contributed by atoms with E-state index in [-0.39, 0.29) is 30.0 Å². The molecule has 0 aliphatic carbocycles. The predicted octanol–water partition coefficient (Wildman–Crippen LogP) is 2.22. The van der Waals surface area contributed by atoms with Gasteiger partial charge in [-0.15, -0.1) is 0 Å². The van der Waals surface area contributed by atoms with Gasteiger partial charge in [-0.2, -0.15) is 5.26 Å². The molecule has 0 aliphatic rings. The van der Waals surface area contributed by atoms with Crippen molar-refractivity contribution in [1.82, 2.24) is 5.32 Å². The number of benzene rings is 1. The Bertz CT molecular complexity index is 561. The standard InChI is InChI=1S/C14H19FN4O2/c1-14(2,3)21-13(20)19-7-6-18-12-9(8-16)10(15)4-5-11(12)17/h4-5,18H,6-7,17H2,1-3H3,(H,19,20). The lowest BCUT2D eigenvalue weighted by atomic mass is 10.1. The summed E-state index contributed by atoms with van der Waals surface area (Å²) in [5, 5.41) is 14.3. The lowest BCUT2D eigenvalue weighted by Gasteiger charge is -2.20. The highest BCUT2D eigenvalue weighted by molar-refractivity contribution is 5.74. The fraction of sp³-hybridized carbons (Fsp3) is 0.429. The first-order valence-corrected chi connectivity index (χ1v) is 6.43. The van der Waals surface area contributed by atoms with Crippen molar-refractivity contribution in [3.8, 4) is 6.07 Å². The van der Waals surface area contributed by atoms with Gasteiger partial charge < -0.3 is 21.1 Å². The summed E-state index contributed by atoms with van der Waals surface area (Å²) in [5.74, 6) is -0.644. The topological polar surface area (TPSA) is 100 Å². The molecular formula is C14H19FN4O2. The summed E-state index contributed by atoms with van der Waals surface area (Å²) in [7, 11) is 0. The van der Waals surface area contributed by atoms with E-state index in [9.17, 15) is 9.18 Å². The predicted molar refractivity (Wildman–Crippen MR) is 78.3 cm³/mol. The van der Waals surface area contributed by atoms with Crippen LogP contribution in [0.5, 0.6) is 0 Å². The van der Waals surface area contributed by atoms with Gasteiger partial charge in [0, 0.05) is 13.1 Å². The van der Waals surface area contributed by atoms with Crippen LogP contribution in [0, 0.1) is 17.1 Å². The van der Waals surface area contributed by atoms with Crippen LogP contribution in [-0.2, 0) is 4.74 Å². The van der Waals surface area contributed by atoms with Crippen molar-refractivity contribution in [2.24, 2.45) is 0 Å². The van der Waals surface area contributed by atoms with Crippen molar-refractivity contribution < 1.29 is 13.9 Å². The van der Waals surface area contributed by atoms with Gasteiger partial charge in [0.15, 0.2) is 0 Å². The molecule has 0 bridgehead atoms. The Morgan fingerprint density at radius 3 is 2.67 bits per heavy atom. The Kier molecular flexibility index (Phi) is 5.36. The third kappa shape index (κ3) is 5.18. The fourth-order valence-corrected chi connectivity index (χ4v) is 1.56. The number of anilines is 2. The number of amides is 1. The maximum atomic E-state index is 13.4. The zero-order valence-corrected chi connectivity index (χ0v) is 12.3. The van der Waals surface area contributed by atoms with Gasteiger partial charge in [0.25, 0.3) is 0 Å². The third-order valence-electron chi connectivity index (χ3n) is 2.39. The molecule has 0 radical (unpaired) electrons. The second-order valence-electron chi connectivity index (χ2n) is 5.35. The number of nitrogen functional groups attached to an aromatic ring is 1. The molecule has 0 saturated carbocycles. The number of nitrogens with two attached hydrogens (primary N) is 1. The van der Waals surface area contributed by atoms with Crippen LogP contribution in [0.2, 0.25) is 0 Å². The molecule has 6 nitrogen and oxygen atoms in total. The number of carbonyl (C=O) groups is 1. The SMILES string of the molecule is CC(C)(C)OC(=O)NCCNc1c(N)ccc(F)c1C#N. The molecule has 0 saturated heterocycles. The second-order valence-corrected chi connectivity index (χ2v) is 5.35. The number of hydrogen-bond acceptors (Lipinski definition) is 5. The van der Waals surface area contributed by atoms with Gasteiger partial charge in [-0.25, -0.2) is 9.18 Å². The van der Waals surface area contributed by atoms with Crippen LogP contribution in [0.15, 0.2) is 12.1 Å². The molecule has 0 heterocycles. The first kappa shape index (κ1) is 16.6. The largest absolute Gasteiger partial charge is 0.444 e. The molecule has 21 heavy (non-hydrogen) atoms. The molecule has 7 heteroatoms. The van der Waals surface area contributed by atoms with E-state index in [0.29, 0.717) is 0 Å². The number of rotatable bonds is 4. The zero-order valence-electron chi connectivity index (χ0n) is 12.3. The van der Waals surface area contributed by atoms with E-state index in [2.05, 4.69) is 10.6 Å². The Hall–Kier alpha value is -2.49. The Morgan fingerprint density at radius 2 is 2.10 bits per heavy atom. The smallest absolute Gasteiger partial charge is 0.407 e. The highest BCUT2D eigenvalue weighted by atomic mass is 19.1. The first-order valence-electron chi connectivity index (χ1n) is 6.43. The first-order chi connectivity index (χ1) is 9.74. The number of carbonyl (C=O) groups excluding carboxylic acids is 1. The van der Waals surface area contributed by atoms with Gasteiger partial charge in [-0.05, 0) is 32.9 Å². The molecule has 0 spiro atoms. The number of nitrogens with zero attached hydrogens (tertiary/aromatic N) is 1. The van der Waals surface area contributed by atoms with E-state index < -0.39 is 17.5 Å².